The van der Waals surface area contributed by atoms with Gasteiger partial charge in [0.25, 0.3) is 0 Å². The molecule has 0 fully saturated rings. The number of nitrogens with one attached hydrogen (secondary N) is 1. The van der Waals surface area contributed by atoms with Crippen molar-refractivity contribution in [2.75, 3.05) is 5.43 Å². The molecule has 1 N–H and O–H groups in total. The van der Waals surface area contributed by atoms with Crippen molar-refractivity contribution in [2.45, 2.75) is 6.61 Å². The van der Waals surface area contributed by atoms with E-state index in [-0.39, 0.29) is 11.5 Å². The quantitative estimate of drug-likeness (QED) is 0.264. The highest BCUT2D eigenvalue weighted by molar-refractivity contribution is 5.86. The summed E-state index contributed by atoms with van der Waals surface area (Å²) in [6, 6.07) is 24.6. The van der Waals surface area contributed by atoms with Crippen molar-refractivity contribution in [2.24, 2.45) is 5.10 Å². The Labute approximate surface area is 172 Å². The topological polar surface area (TPSA) is 89.7 Å². The smallest absolute Gasteiger partial charge is 0.313 e. The van der Waals surface area contributed by atoms with E-state index in [1.807, 2.05) is 48.5 Å². The van der Waals surface area contributed by atoms with Crippen LogP contribution in [0.2, 0.25) is 0 Å². The number of hydrogen-bond donors (Lipinski definition) is 1. The Bertz CT molecular complexity index is 1220. The second-order valence-corrected chi connectivity index (χ2v) is 6.46. The summed E-state index contributed by atoms with van der Waals surface area (Å²) >= 11 is 0. The zero-order chi connectivity index (χ0) is 20.8. The molecule has 148 valence electrons. The van der Waals surface area contributed by atoms with Crippen LogP contribution in [-0.4, -0.2) is 16.1 Å². The summed E-state index contributed by atoms with van der Waals surface area (Å²) in [5.74, 6) is 0.736. The molecular weight excluding hydrogens is 380 g/mol. The summed E-state index contributed by atoms with van der Waals surface area (Å²) in [7, 11) is 0. The number of benzene rings is 3. The maximum absolute atomic E-state index is 11.1. The number of ether oxygens (including phenoxy) is 1. The molecule has 0 saturated carbocycles. The predicted octanol–water partition coefficient (Wildman–Crippen LogP) is 5.17. The third-order valence-corrected chi connectivity index (χ3v) is 4.54. The largest absolute Gasteiger partial charge is 0.488 e. The van der Waals surface area contributed by atoms with Crippen molar-refractivity contribution in [3.05, 3.63) is 106 Å². The summed E-state index contributed by atoms with van der Waals surface area (Å²) in [4.78, 5) is 14.5. The van der Waals surface area contributed by atoms with E-state index in [1.54, 1.807) is 6.21 Å². The van der Waals surface area contributed by atoms with E-state index in [4.69, 9.17) is 4.74 Å². The van der Waals surface area contributed by atoms with Crippen LogP contribution < -0.4 is 10.2 Å². The minimum atomic E-state index is -0.508. The van der Waals surface area contributed by atoms with Crippen molar-refractivity contribution in [1.82, 2.24) is 4.98 Å². The van der Waals surface area contributed by atoms with Gasteiger partial charge in [-0.2, -0.15) is 5.10 Å². The van der Waals surface area contributed by atoms with Gasteiger partial charge in [0.2, 0.25) is 5.82 Å². The molecule has 1 aromatic heterocycles. The molecule has 0 aliphatic rings. The fourth-order valence-electron chi connectivity index (χ4n) is 3.09. The third kappa shape index (κ3) is 4.25. The molecule has 0 unspecified atom stereocenters. The Morgan fingerprint density at radius 2 is 1.80 bits per heavy atom. The van der Waals surface area contributed by atoms with Gasteiger partial charge in [-0.05, 0) is 34.5 Å². The third-order valence-electron chi connectivity index (χ3n) is 4.54. The predicted molar refractivity (Wildman–Crippen MR) is 117 cm³/mol. The lowest BCUT2D eigenvalue weighted by atomic mass is 10.1. The molecule has 7 heteroatoms. The number of pyridine rings is 1. The summed E-state index contributed by atoms with van der Waals surface area (Å²) in [5, 5.41) is 17.5. The number of anilines is 1. The Kier molecular flexibility index (Phi) is 5.61. The fourth-order valence-corrected chi connectivity index (χ4v) is 3.09. The lowest BCUT2D eigenvalue weighted by molar-refractivity contribution is -0.384. The number of hydrogen-bond acceptors (Lipinski definition) is 6. The first-order valence-electron chi connectivity index (χ1n) is 9.29. The summed E-state index contributed by atoms with van der Waals surface area (Å²) < 4.78 is 6.05. The van der Waals surface area contributed by atoms with Crippen LogP contribution in [0.15, 0.2) is 90.2 Å². The number of rotatable bonds is 7. The molecule has 0 amide bonds. The number of aromatic nitrogens is 1. The molecule has 0 saturated heterocycles. The van der Waals surface area contributed by atoms with Gasteiger partial charge < -0.3 is 4.74 Å². The molecule has 0 aliphatic heterocycles. The van der Waals surface area contributed by atoms with Crippen LogP contribution in [0.4, 0.5) is 11.5 Å². The Hall–Kier alpha value is -4.26. The van der Waals surface area contributed by atoms with Crippen LogP contribution in [0.3, 0.4) is 0 Å². The van der Waals surface area contributed by atoms with E-state index in [9.17, 15) is 10.1 Å². The minimum absolute atomic E-state index is 0.0768. The number of hydrazone groups is 1. The van der Waals surface area contributed by atoms with Crippen molar-refractivity contribution in [1.29, 1.82) is 0 Å². The van der Waals surface area contributed by atoms with Crippen LogP contribution in [0.25, 0.3) is 10.8 Å². The number of fused-ring (bicyclic) bond motifs is 1. The van der Waals surface area contributed by atoms with Gasteiger partial charge in [-0.25, -0.2) is 4.98 Å². The van der Waals surface area contributed by atoms with E-state index in [1.165, 1.54) is 18.3 Å². The van der Waals surface area contributed by atoms with Gasteiger partial charge in [0.15, 0.2) is 0 Å². The van der Waals surface area contributed by atoms with Gasteiger partial charge in [0, 0.05) is 17.8 Å². The lowest BCUT2D eigenvalue weighted by Gasteiger charge is -2.11. The molecule has 3 aromatic carbocycles. The average molecular weight is 398 g/mol. The average Bonchev–Trinajstić information content (AvgIpc) is 2.78. The standard InChI is InChI=1S/C23H18N4O3/c28-27(29)21-12-6-14-24-23(21)26-25-15-18-8-2-4-13-22(18)30-16-19-10-5-9-17-7-1-3-11-20(17)19/h1-15H,16H2,(H,24,26)/b25-15-. The van der Waals surface area contributed by atoms with Crippen molar-refractivity contribution in [3.8, 4) is 5.75 Å². The van der Waals surface area contributed by atoms with Gasteiger partial charge in [-0.15, -0.1) is 0 Å². The second-order valence-electron chi connectivity index (χ2n) is 6.46. The highest BCUT2D eigenvalue weighted by Gasteiger charge is 2.13. The van der Waals surface area contributed by atoms with Crippen molar-refractivity contribution >= 4 is 28.5 Å². The molecule has 0 radical (unpaired) electrons. The maximum atomic E-state index is 11.1. The summed E-state index contributed by atoms with van der Waals surface area (Å²) in [6.45, 7) is 0.408. The Morgan fingerprint density at radius 3 is 2.70 bits per heavy atom. The van der Waals surface area contributed by atoms with Crippen LogP contribution in [0.1, 0.15) is 11.1 Å². The van der Waals surface area contributed by atoms with Crippen LogP contribution in [0.5, 0.6) is 5.75 Å². The highest BCUT2D eigenvalue weighted by atomic mass is 16.6. The van der Waals surface area contributed by atoms with Crippen LogP contribution in [-0.2, 0) is 6.61 Å². The first-order valence-corrected chi connectivity index (χ1v) is 9.29. The molecule has 4 rings (SSSR count). The molecule has 0 spiro atoms. The van der Waals surface area contributed by atoms with E-state index < -0.39 is 4.92 Å². The normalized spacial score (nSPS) is 10.9. The zero-order valence-electron chi connectivity index (χ0n) is 15.9. The molecule has 7 nitrogen and oxygen atoms in total. The SMILES string of the molecule is O=[N+]([O-])c1cccnc1N/N=C\c1ccccc1OCc1cccc2ccccc12. The number of nitrogens with zero attached hydrogens (tertiary/aromatic N) is 3. The van der Waals surface area contributed by atoms with Crippen molar-refractivity contribution < 1.29 is 9.66 Å². The zero-order valence-corrected chi connectivity index (χ0v) is 15.9. The fraction of sp³-hybridized carbons (Fsp3) is 0.0435. The number of nitro groups is 1. The molecule has 0 bridgehead atoms. The molecule has 0 atom stereocenters. The summed E-state index contributed by atoms with van der Waals surface area (Å²) in [6.07, 6.45) is 3.02. The van der Waals surface area contributed by atoms with E-state index in [0.717, 1.165) is 21.9 Å². The molecule has 0 aliphatic carbocycles. The number of para-hydroxylation sites is 1. The maximum Gasteiger partial charge on any atom is 0.313 e. The van der Waals surface area contributed by atoms with Gasteiger partial charge in [0.05, 0.1) is 11.1 Å². The Balaban J connectivity index is 1.50. The first-order chi connectivity index (χ1) is 14.7. The van der Waals surface area contributed by atoms with E-state index in [2.05, 4.69) is 33.7 Å². The van der Waals surface area contributed by atoms with Gasteiger partial charge in [-0.1, -0.05) is 54.6 Å². The van der Waals surface area contributed by atoms with Gasteiger partial charge in [0.1, 0.15) is 12.4 Å². The molecule has 4 aromatic rings. The summed E-state index contributed by atoms with van der Waals surface area (Å²) in [5.41, 5.74) is 4.31. The van der Waals surface area contributed by atoms with Gasteiger partial charge in [-0.3, -0.25) is 15.5 Å². The van der Waals surface area contributed by atoms with Gasteiger partial charge >= 0.3 is 5.69 Å². The van der Waals surface area contributed by atoms with Crippen molar-refractivity contribution in [3.63, 3.8) is 0 Å². The van der Waals surface area contributed by atoms with Crippen LogP contribution >= 0.6 is 0 Å². The minimum Gasteiger partial charge on any atom is -0.488 e. The van der Waals surface area contributed by atoms with E-state index in [0.29, 0.717) is 12.4 Å². The first kappa shape index (κ1) is 19.1. The van der Waals surface area contributed by atoms with E-state index >= 15 is 0 Å². The highest BCUT2D eigenvalue weighted by Crippen LogP contribution is 2.23. The monoisotopic (exact) mass is 398 g/mol. The molecule has 1 heterocycles. The Morgan fingerprint density at radius 1 is 1.00 bits per heavy atom. The van der Waals surface area contributed by atoms with Crippen LogP contribution in [0, 0.1) is 10.1 Å². The second kappa shape index (κ2) is 8.83. The lowest BCUT2D eigenvalue weighted by Crippen LogP contribution is -2.01. The molecule has 30 heavy (non-hydrogen) atoms. The molecular formula is C23H18N4O3.